The normalized spacial score (nSPS) is 10.7. The number of carbonyl (C=O) groups is 2. The van der Waals surface area contributed by atoms with Crippen LogP contribution in [0.15, 0.2) is 18.3 Å². The summed E-state index contributed by atoms with van der Waals surface area (Å²) in [5.74, 6) is 0.275. The van der Waals surface area contributed by atoms with Gasteiger partial charge in [-0.2, -0.15) is 0 Å². The van der Waals surface area contributed by atoms with Crippen molar-refractivity contribution in [3.63, 3.8) is 0 Å². The van der Waals surface area contributed by atoms with Gasteiger partial charge in [-0.15, -0.1) is 0 Å². The second-order valence-electron chi connectivity index (χ2n) is 5.30. The molecular formula is C17H18Cl2N2O3. The predicted molar refractivity (Wildman–Crippen MR) is 93.1 cm³/mol. The van der Waals surface area contributed by atoms with Crippen LogP contribution >= 0.6 is 23.2 Å². The summed E-state index contributed by atoms with van der Waals surface area (Å²) in [6.07, 6.45) is 5.10. The van der Waals surface area contributed by atoms with Gasteiger partial charge in [0, 0.05) is 6.42 Å². The van der Waals surface area contributed by atoms with Crippen molar-refractivity contribution in [2.24, 2.45) is 0 Å². The minimum atomic E-state index is -0.548. The van der Waals surface area contributed by atoms with Crippen LogP contribution < -0.4 is 0 Å². The number of aromatic nitrogens is 2. The quantitative estimate of drug-likeness (QED) is 0.543. The molecule has 0 radical (unpaired) electrons. The van der Waals surface area contributed by atoms with Crippen LogP contribution in [-0.4, -0.2) is 28.9 Å². The van der Waals surface area contributed by atoms with Crippen molar-refractivity contribution in [3.05, 3.63) is 51.0 Å². The molecule has 0 saturated heterocycles. The third-order valence-electron chi connectivity index (χ3n) is 3.74. The van der Waals surface area contributed by atoms with E-state index in [9.17, 15) is 9.59 Å². The highest BCUT2D eigenvalue weighted by molar-refractivity contribution is 6.44. The molecular weight excluding hydrogens is 351 g/mol. The fourth-order valence-electron chi connectivity index (χ4n) is 2.39. The Bertz CT molecular complexity index is 757. The lowest BCUT2D eigenvalue weighted by atomic mass is 10.1. The zero-order valence-electron chi connectivity index (χ0n) is 13.5. The molecule has 1 aromatic heterocycles. The lowest BCUT2D eigenvalue weighted by molar-refractivity contribution is 0.0601. The Labute approximate surface area is 150 Å². The maximum atomic E-state index is 11.7. The first-order chi connectivity index (χ1) is 11.5. The van der Waals surface area contributed by atoms with Gasteiger partial charge >= 0.3 is 5.97 Å². The Morgan fingerprint density at radius 3 is 2.71 bits per heavy atom. The van der Waals surface area contributed by atoms with Gasteiger partial charge in [0.05, 0.1) is 35.5 Å². The summed E-state index contributed by atoms with van der Waals surface area (Å²) >= 11 is 12.5. The molecule has 0 bridgehead atoms. The van der Waals surface area contributed by atoms with E-state index < -0.39 is 5.97 Å². The molecule has 2 rings (SSSR count). The number of esters is 1. The first kappa shape index (κ1) is 18.5. The third-order valence-corrected chi connectivity index (χ3v) is 4.66. The Kier molecular flexibility index (Phi) is 6.40. The Morgan fingerprint density at radius 2 is 2.08 bits per heavy atom. The van der Waals surface area contributed by atoms with Crippen molar-refractivity contribution < 1.29 is 14.3 Å². The molecule has 0 aliphatic heterocycles. The SMILES string of the molecule is CCCCc1ncc(C=O)n1Cc1ccc(C(=O)OC)c(Cl)c1Cl. The number of unbranched alkanes of at least 4 members (excludes halogenated alkanes) is 1. The molecule has 0 atom stereocenters. The highest BCUT2D eigenvalue weighted by atomic mass is 35.5. The number of carbonyl (C=O) groups excluding carboxylic acids is 2. The van der Waals surface area contributed by atoms with Crippen molar-refractivity contribution in [2.45, 2.75) is 32.7 Å². The summed E-state index contributed by atoms with van der Waals surface area (Å²) in [5, 5.41) is 0.412. The van der Waals surface area contributed by atoms with E-state index in [4.69, 9.17) is 23.2 Å². The van der Waals surface area contributed by atoms with Gasteiger partial charge in [0.15, 0.2) is 6.29 Å². The van der Waals surface area contributed by atoms with Crippen molar-refractivity contribution in [1.82, 2.24) is 9.55 Å². The zero-order chi connectivity index (χ0) is 17.7. The summed E-state index contributed by atoms with van der Waals surface area (Å²) in [7, 11) is 1.28. The van der Waals surface area contributed by atoms with Gasteiger partial charge < -0.3 is 9.30 Å². The Balaban J connectivity index is 2.38. The molecule has 0 amide bonds. The standard InChI is InChI=1S/C17H18Cl2N2O3/c1-3-4-5-14-20-8-12(10-22)21(14)9-11-6-7-13(17(23)24-2)16(19)15(11)18/h6-8,10H,3-5,9H2,1-2H3. The van der Waals surface area contributed by atoms with Crippen LogP contribution in [0.4, 0.5) is 0 Å². The minimum Gasteiger partial charge on any atom is -0.465 e. The summed E-state index contributed by atoms with van der Waals surface area (Å²) in [6, 6.07) is 3.28. The van der Waals surface area contributed by atoms with Crippen LogP contribution in [0.25, 0.3) is 0 Å². The number of halogens is 2. The number of methoxy groups -OCH3 is 1. The van der Waals surface area contributed by atoms with E-state index in [1.165, 1.54) is 7.11 Å². The van der Waals surface area contributed by atoms with E-state index in [0.29, 0.717) is 17.8 Å². The molecule has 24 heavy (non-hydrogen) atoms. The van der Waals surface area contributed by atoms with E-state index in [-0.39, 0.29) is 15.6 Å². The van der Waals surface area contributed by atoms with Gasteiger partial charge in [0.25, 0.3) is 0 Å². The lowest BCUT2D eigenvalue weighted by Crippen LogP contribution is -2.10. The maximum absolute atomic E-state index is 11.7. The molecule has 0 N–H and O–H groups in total. The largest absolute Gasteiger partial charge is 0.465 e. The van der Waals surface area contributed by atoms with E-state index in [1.54, 1.807) is 18.3 Å². The number of benzene rings is 1. The second kappa shape index (κ2) is 8.31. The molecule has 0 aliphatic rings. The van der Waals surface area contributed by atoms with Crippen LogP contribution in [0.2, 0.25) is 10.0 Å². The number of imidazole rings is 1. The number of aryl methyl sites for hydroxylation is 1. The van der Waals surface area contributed by atoms with Crippen LogP contribution in [0.5, 0.6) is 0 Å². The van der Waals surface area contributed by atoms with Gasteiger partial charge in [-0.3, -0.25) is 4.79 Å². The lowest BCUT2D eigenvalue weighted by Gasteiger charge is -2.13. The minimum absolute atomic E-state index is 0.142. The third kappa shape index (κ3) is 3.79. The number of hydrogen-bond acceptors (Lipinski definition) is 4. The number of rotatable bonds is 7. The molecule has 1 heterocycles. The number of ether oxygens (including phenoxy) is 1. The van der Waals surface area contributed by atoms with Crippen LogP contribution in [0, 0.1) is 0 Å². The fourth-order valence-corrected chi connectivity index (χ4v) is 2.88. The van der Waals surface area contributed by atoms with Crippen molar-refractivity contribution >= 4 is 35.5 Å². The maximum Gasteiger partial charge on any atom is 0.339 e. The highest BCUT2D eigenvalue weighted by Crippen LogP contribution is 2.31. The van der Waals surface area contributed by atoms with Gasteiger partial charge in [-0.25, -0.2) is 9.78 Å². The summed E-state index contributed by atoms with van der Waals surface area (Å²) in [5.41, 5.74) is 1.39. The molecule has 0 saturated carbocycles. The molecule has 128 valence electrons. The molecule has 7 heteroatoms. The molecule has 0 spiro atoms. The average Bonchev–Trinajstić information content (AvgIpc) is 2.98. The summed E-state index contributed by atoms with van der Waals surface area (Å²) in [6.45, 7) is 2.45. The van der Waals surface area contributed by atoms with E-state index in [0.717, 1.165) is 31.4 Å². The average molecular weight is 369 g/mol. The van der Waals surface area contributed by atoms with Gasteiger partial charge in [0.2, 0.25) is 0 Å². The predicted octanol–water partition coefficient (Wildman–Crippen LogP) is 4.18. The fraction of sp³-hybridized carbons (Fsp3) is 0.353. The number of aldehydes is 1. The number of hydrogen-bond donors (Lipinski definition) is 0. The van der Waals surface area contributed by atoms with Gasteiger partial charge in [0.1, 0.15) is 11.5 Å². The van der Waals surface area contributed by atoms with Crippen molar-refractivity contribution in [3.8, 4) is 0 Å². The molecule has 1 aromatic carbocycles. The summed E-state index contributed by atoms with van der Waals surface area (Å²) in [4.78, 5) is 27.2. The number of nitrogens with zero attached hydrogens (tertiary/aromatic N) is 2. The molecule has 5 nitrogen and oxygen atoms in total. The molecule has 0 aliphatic carbocycles. The van der Waals surface area contributed by atoms with Crippen molar-refractivity contribution in [2.75, 3.05) is 7.11 Å². The molecule has 0 unspecified atom stereocenters. The second-order valence-corrected chi connectivity index (χ2v) is 6.05. The monoisotopic (exact) mass is 368 g/mol. The van der Waals surface area contributed by atoms with Crippen LogP contribution in [-0.2, 0) is 17.7 Å². The van der Waals surface area contributed by atoms with Gasteiger partial charge in [-0.05, 0) is 18.1 Å². The van der Waals surface area contributed by atoms with E-state index in [2.05, 4.69) is 16.6 Å². The Hall–Kier alpha value is -1.85. The van der Waals surface area contributed by atoms with E-state index in [1.807, 2.05) is 4.57 Å². The van der Waals surface area contributed by atoms with Crippen LogP contribution in [0.3, 0.4) is 0 Å². The molecule has 0 fully saturated rings. The smallest absolute Gasteiger partial charge is 0.339 e. The Morgan fingerprint density at radius 1 is 1.33 bits per heavy atom. The summed E-state index contributed by atoms with van der Waals surface area (Å²) < 4.78 is 6.49. The topological polar surface area (TPSA) is 61.2 Å². The zero-order valence-corrected chi connectivity index (χ0v) is 15.0. The van der Waals surface area contributed by atoms with Crippen LogP contribution in [0.1, 0.15) is 52.0 Å². The van der Waals surface area contributed by atoms with Gasteiger partial charge in [-0.1, -0.05) is 42.6 Å². The first-order valence-electron chi connectivity index (χ1n) is 7.58. The van der Waals surface area contributed by atoms with E-state index >= 15 is 0 Å². The first-order valence-corrected chi connectivity index (χ1v) is 8.33. The van der Waals surface area contributed by atoms with Crippen molar-refractivity contribution in [1.29, 1.82) is 0 Å². The molecule has 2 aromatic rings. The highest BCUT2D eigenvalue weighted by Gasteiger charge is 2.18.